The van der Waals surface area contributed by atoms with Gasteiger partial charge in [0.2, 0.25) is 0 Å². The molecule has 0 amide bonds. The van der Waals surface area contributed by atoms with Gasteiger partial charge in [-0.15, -0.1) is 0 Å². The van der Waals surface area contributed by atoms with E-state index in [1.165, 1.54) is 5.56 Å². The number of allylic oxidation sites excluding steroid dienone is 2. The van der Waals surface area contributed by atoms with Gasteiger partial charge in [0.1, 0.15) is 0 Å². The van der Waals surface area contributed by atoms with Gasteiger partial charge in [-0.1, -0.05) is 38.2 Å². The van der Waals surface area contributed by atoms with Crippen LogP contribution in [-0.4, -0.2) is 24.3 Å². The Bertz CT molecular complexity index is 751. The zero-order valence-electron chi connectivity index (χ0n) is 15.5. The highest BCUT2D eigenvalue weighted by Crippen LogP contribution is 2.40. The fourth-order valence-electron chi connectivity index (χ4n) is 3.05. The molecule has 2 rings (SSSR count). The average molecular weight is 324 g/mol. The summed E-state index contributed by atoms with van der Waals surface area (Å²) in [7, 11) is 3.92. The molecule has 0 atom stereocenters. The predicted octanol–water partition coefficient (Wildman–Crippen LogP) is 5.35. The third kappa shape index (κ3) is 3.23. The molecule has 1 aromatic heterocycles. The Morgan fingerprint density at radius 3 is 2.25 bits per heavy atom. The normalized spacial score (nSPS) is 11.8. The third-order valence-corrected chi connectivity index (χ3v) is 4.14. The Morgan fingerprint density at radius 2 is 1.71 bits per heavy atom. The van der Waals surface area contributed by atoms with Crippen LogP contribution in [0.4, 0.5) is 11.4 Å². The number of anilines is 2. The summed E-state index contributed by atoms with van der Waals surface area (Å²) in [5.41, 5.74) is 7.96. The van der Waals surface area contributed by atoms with Gasteiger partial charge in [0, 0.05) is 36.3 Å². The standard InChI is InChI=1S/C20H28N4/c1-7-9-14-11-16(19-17(13(3)4)12-23-24-19)15(10-8-2)20(22-6)18(14)21-5/h7-13,21-22H,1-6H3,(H,23,24)/b9-7-,10-8-. The van der Waals surface area contributed by atoms with Crippen LogP contribution in [0.3, 0.4) is 0 Å². The number of H-pyrrole nitrogens is 1. The molecule has 0 aliphatic carbocycles. The Kier molecular flexibility index (Phi) is 5.85. The Hall–Kier alpha value is -2.49. The van der Waals surface area contributed by atoms with Gasteiger partial charge in [0.15, 0.2) is 0 Å². The molecule has 3 N–H and O–H groups in total. The van der Waals surface area contributed by atoms with Crippen molar-refractivity contribution in [3.63, 3.8) is 0 Å². The van der Waals surface area contributed by atoms with E-state index in [1.807, 2.05) is 34.1 Å². The number of aromatic nitrogens is 2. The number of hydrogen-bond donors (Lipinski definition) is 3. The summed E-state index contributed by atoms with van der Waals surface area (Å²) in [6, 6.07) is 2.22. The van der Waals surface area contributed by atoms with Crippen molar-refractivity contribution in [1.29, 1.82) is 0 Å². The fourth-order valence-corrected chi connectivity index (χ4v) is 3.05. The highest BCUT2D eigenvalue weighted by Gasteiger charge is 2.19. The van der Waals surface area contributed by atoms with Gasteiger partial charge in [-0.05, 0) is 25.8 Å². The largest absolute Gasteiger partial charge is 0.386 e. The molecule has 0 bridgehead atoms. The summed E-state index contributed by atoms with van der Waals surface area (Å²) < 4.78 is 0. The summed E-state index contributed by atoms with van der Waals surface area (Å²) in [4.78, 5) is 0. The van der Waals surface area contributed by atoms with E-state index in [4.69, 9.17) is 0 Å². The van der Waals surface area contributed by atoms with Crippen LogP contribution in [0.2, 0.25) is 0 Å². The number of nitrogens with one attached hydrogen (secondary N) is 3. The molecule has 1 heterocycles. The van der Waals surface area contributed by atoms with Crippen LogP contribution < -0.4 is 10.6 Å². The van der Waals surface area contributed by atoms with Gasteiger partial charge in [0.05, 0.1) is 23.3 Å². The molecule has 0 unspecified atom stereocenters. The third-order valence-electron chi connectivity index (χ3n) is 4.14. The molecular weight excluding hydrogens is 296 g/mol. The van der Waals surface area contributed by atoms with Gasteiger partial charge < -0.3 is 10.6 Å². The fraction of sp³-hybridized carbons (Fsp3) is 0.350. The number of aromatic amines is 1. The minimum atomic E-state index is 0.407. The van der Waals surface area contributed by atoms with Crippen molar-refractivity contribution in [3.8, 4) is 11.3 Å². The maximum Gasteiger partial charge on any atom is 0.0691 e. The van der Waals surface area contributed by atoms with Crippen molar-refractivity contribution in [2.45, 2.75) is 33.6 Å². The molecule has 0 spiro atoms. The highest BCUT2D eigenvalue weighted by molar-refractivity contribution is 5.94. The van der Waals surface area contributed by atoms with Crippen LogP contribution >= 0.6 is 0 Å². The van der Waals surface area contributed by atoms with Crippen LogP contribution in [0.5, 0.6) is 0 Å². The maximum atomic E-state index is 4.29. The van der Waals surface area contributed by atoms with Crippen molar-refractivity contribution in [2.24, 2.45) is 0 Å². The second-order valence-corrected chi connectivity index (χ2v) is 6.03. The number of nitrogens with zero attached hydrogens (tertiary/aromatic N) is 1. The van der Waals surface area contributed by atoms with E-state index in [0.717, 1.165) is 33.8 Å². The average Bonchev–Trinajstić information content (AvgIpc) is 3.05. The zero-order chi connectivity index (χ0) is 17.7. The van der Waals surface area contributed by atoms with Crippen LogP contribution in [0.1, 0.15) is 50.3 Å². The molecule has 0 radical (unpaired) electrons. The van der Waals surface area contributed by atoms with Crippen molar-refractivity contribution < 1.29 is 0 Å². The van der Waals surface area contributed by atoms with Crippen LogP contribution in [0.15, 0.2) is 24.4 Å². The lowest BCUT2D eigenvalue weighted by Crippen LogP contribution is -2.04. The first-order valence-corrected chi connectivity index (χ1v) is 8.44. The zero-order valence-corrected chi connectivity index (χ0v) is 15.5. The van der Waals surface area contributed by atoms with Gasteiger partial charge in [-0.3, -0.25) is 5.10 Å². The summed E-state index contributed by atoms with van der Waals surface area (Å²) in [6.45, 7) is 8.46. The van der Waals surface area contributed by atoms with Crippen LogP contribution in [0.25, 0.3) is 23.4 Å². The number of hydrogen-bond acceptors (Lipinski definition) is 3. The minimum Gasteiger partial charge on any atom is -0.386 e. The van der Waals surface area contributed by atoms with E-state index in [-0.39, 0.29) is 0 Å². The lowest BCUT2D eigenvalue weighted by Gasteiger charge is -2.20. The van der Waals surface area contributed by atoms with E-state index < -0.39 is 0 Å². The van der Waals surface area contributed by atoms with Crippen molar-refractivity contribution >= 4 is 23.5 Å². The lowest BCUT2D eigenvalue weighted by atomic mass is 9.92. The minimum absolute atomic E-state index is 0.407. The summed E-state index contributed by atoms with van der Waals surface area (Å²) >= 11 is 0. The molecule has 128 valence electrons. The summed E-state index contributed by atoms with van der Waals surface area (Å²) in [5.74, 6) is 0.407. The highest BCUT2D eigenvalue weighted by atomic mass is 15.1. The maximum absolute atomic E-state index is 4.29. The van der Waals surface area contributed by atoms with E-state index in [9.17, 15) is 0 Å². The topological polar surface area (TPSA) is 52.7 Å². The second kappa shape index (κ2) is 7.86. The molecule has 24 heavy (non-hydrogen) atoms. The van der Waals surface area contributed by atoms with Crippen molar-refractivity contribution in [2.75, 3.05) is 24.7 Å². The SMILES string of the molecule is C/C=C\c1cc(-c2[nH]ncc2C(C)C)c(/C=C\C)c(NC)c1NC. The quantitative estimate of drug-likeness (QED) is 0.671. The Labute approximate surface area is 145 Å². The molecule has 0 aliphatic heterocycles. The summed E-state index contributed by atoms with van der Waals surface area (Å²) in [5, 5.41) is 14.2. The van der Waals surface area contributed by atoms with Gasteiger partial charge in [-0.2, -0.15) is 5.10 Å². The summed E-state index contributed by atoms with van der Waals surface area (Å²) in [6.07, 6.45) is 10.3. The number of rotatable bonds is 6. The molecule has 1 aromatic carbocycles. The first kappa shape index (κ1) is 17.9. The molecule has 0 fully saturated rings. The Morgan fingerprint density at radius 1 is 1.04 bits per heavy atom. The van der Waals surface area contributed by atoms with Crippen LogP contribution in [-0.2, 0) is 0 Å². The smallest absolute Gasteiger partial charge is 0.0691 e. The first-order chi connectivity index (χ1) is 11.6. The van der Waals surface area contributed by atoms with E-state index in [0.29, 0.717) is 5.92 Å². The van der Waals surface area contributed by atoms with E-state index in [1.54, 1.807) is 0 Å². The molecule has 4 nitrogen and oxygen atoms in total. The first-order valence-electron chi connectivity index (χ1n) is 8.44. The predicted molar refractivity (Wildman–Crippen MR) is 107 cm³/mol. The second-order valence-electron chi connectivity index (χ2n) is 6.03. The van der Waals surface area contributed by atoms with Crippen molar-refractivity contribution in [1.82, 2.24) is 10.2 Å². The molecule has 4 heteroatoms. The number of benzene rings is 1. The van der Waals surface area contributed by atoms with E-state index in [2.05, 4.69) is 65.0 Å². The van der Waals surface area contributed by atoms with Gasteiger partial charge in [0.25, 0.3) is 0 Å². The van der Waals surface area contributed by atoms with Gasteiger partial charge >= 0.3 is 0 Å². The monoisotopic (exact) mass is 324 g/mol. The molecule has 0 saturated carbocycles. The van der Waals surface area contributed by atoms with Gasteiger partial charge in [-0.25, -0.2) is 0 Å². The molecule has 0 aliphatic rings. The van der Waals surface area contributed by atoms with Crippen molar-refractivity contribution in [3.05, 3.63) is 41.1 Å². The Balaban J connectivity index is 2.87. The van der Waals surface area contributed by atoms with Crippen LogP contribution in [0, 0.1) is 0 Å². The molecular formula is C20H28N4. The lowest BCUT2D eigenvalue weighted by molar-refractivity contribution is 0.870. The molecule has 0 saturated heterocycles. The van der Waals surface area contributed by atoms with E-state index >= 15 is 0 Å². The molecule has 2 aromatic rings.